The molecule has 0 saturated carbocycles. The molecule has 0 heterocycles. The highest BCUT2D eigenvalue weighted by molar-refractivity contribution is 7.47. The van der Waals surface area contributed by atoms with Gasteiger partial charge in [-0.25, -0.2) is 4.57 Å². The van der Waals surface area contributed by atoms with Crippen molar-refractivity contribution in [2.45, 2.75) is 251 Å². The van der Waals surface area contributed by atoms with E-state index in [1.807, 2.05) is 0 Å². The number of hydrogen-bond acceptors (Lipinski definition) is 6. The topological polar surface area (TPSA) is 131 Å². The number of carbonyl (C=O) groups is 1. The molecule has 0 saturated heterocycles. The minimum Gasteiger partial charge on any atom is -0.391 e. The molecule has 0 aliphatic rings. The van der Waals surface area contributed by atoms with Crippen molar-refractivity contribution >= 4 is 13.7 Å². The van der Waals surface area contributed by atoms with E-state index in [-0.39, 0.29) is 25.7 Å². The molecule has 9 heteroatoms. The number of rotatable bonds is 44. The zero-order valence-corrected chi connectivity index (χ0v) is 36.6. The summed E-state index contributed by atoms with van der Waals surface area (Å²) in [5.41, 5.74) is 5.39. The second kappa shape index (κ2) is 41.9. The Bertz CT molecular complexity index is 860. The SMILES string of the molecule is CCCCCCCCC/C=C\CCCCCCCC(=O)NC(COP(=O)(O)OCCN)C(O)CCCCCCCCCCCCCCCCCCCCC. The predicted molar refractivity (Wildman–Crippen MR) is 231 cm³/mol. The molecule has 322 valence electrons. The molecule has 0 aromatic carbocycles. The van der Waals surface area contributed by atoms with Gasteiger partial charge in [-0.15, -0.1) is 0 Å². The number of hydrogen-bond donors (Lipinski definition) is 4. The fourth-order valence-corrected chi connectivity index (χ4v) is 7.83. The second-order valence-corrected chi connectivity index (χ2v) is 17.4. The van der Waals surface area contributed by atoms with Gasteiger partial charge < -0.3 is 21.1 Å². The van der Waals surface area contributed by atoms with Crippen LogP contribution in [0.3, 0.4) is 0 Å². The summed E-state index contributed by atoms with van der Waals surface area (Å²) in [6.07, 6.45) is 46.5. The summed E-state index contributed by atoms with van der Waals surface area (Å²) in [6.45, 7) is 4.23. The zero-order valence-electron chi connectivity index (χ0n) is 35.7. The average molecular weight is 787 g/mol. The standard InChI is InChI=1S/C45H91N2O6P/c1-3-5-7-9-11-13-15-17-19-21-22-23-24-26-28-30-32-34-36-38-44(48)43(42-53-54(50,51)52-41-40-46)47-45(49)39-37-35-33-31-29-27-25-20-18-16-14-12-10-8-6-4-2/h20,25,43-44,48H,3-19,21-24,26-42,46H2,1-2H3,(H,47,49)(H,50,51)/b25-20-. The normalized spacial score (nSPS) is 14.1. The van der Waals surface area contributed by atoms with E-state index in [4.69, 9.17) is 14.8 Å². The van der Waals surface area contributed by atoms with E-state index < -0.39 is 20.0 Å². The Morgan fingerprint density at radius 2 is 0.963 bits per heavy atom. The monoisotopic (exact) mass is 787 g/mol. The number of nitrogens with one attached hydrogen (secondary N) is 1. The molecule has 0 aliphatic heterocycles. The summed E-state index contributed by atoms with van der Waals surface area (Å²) in [7, 11) is -4.32. The maximum absolute atomic E-state index is 12.8. The number of carbonyl (C=O) groups excluding carboxylic acids is 1. The molecule has 0 spiro atoms. The van der Waals surface area contributed by atoms with Crippen LogP contribution < -0.4 is 11.1 Å². The number of unbranched alkanes of at least 4 members (excludes halogenated alkanes) is 30. The van der Waals surface area contributed by atoms with Crippen LogP contribution in [0.5, 0.6) is 0 Å². The maximum atomic E-state index is 12.8. The van der Waals surface area contributed by atoms with E-state index in [9.17, 15) is 19.4 Å². The van der Waals surface area contributed by atoms with Gasteiger partial charge in [-0.05, 0) is 38.5 Å². The summed E-state index contributed by atoms with van der Waals surface area (Å²) in [6, 6.07) is -0.775. The van der Waals surface area contributed by atoms with E-state index in [0.29, 0.717) is 12.8 Å². The maximum Gasteiger partial charge on any atom is 0.472 e. The zero-order chi connectivity index (χ0) is 39.6. The number of amides is 1. The van der Waals surface area contributed by atoms with Crippen molar-refractivity contribution < 1.29 is 28.4 Å². The van der Waals surface area contributed by atoms with Crippen molar-refractivity contribution in [3.8, 4) is 0 Å². The summed E-state index contributed by atoms with van der Waals surface area (Å²) in [4.78, 5) is 22.8. The summed E-state index contributed by atoms with van der Waals surface area (Å²) in [5.74, 6) is -0.167. The van der Waals surface area contributed by atoms with Crippen molar-refractivity contribution in [1.82, 2.24) is 5.32 Å². The van der Waals surface area contributed by atoms with Crippen LogP contribution in [0.1, 0.15) is 239 Å². The number of phosphoric ester groups is 1. The van der Waals surface area contributed by atoms with Crippen molar-refractivity contribution in [1.29, 1.82) is 0 Å². The van der Waals surface area contributed by atoms with Crippen LogP contribution in [-0.2, 0) is 18.4 Å². The molecular weight excluding hydrogens is 695 g/mol. The Morgan fingerprint density at radius 1 is 0.593 bits per heavy atom. The molecule has 8 nitrogen and oxygen atoms in total. The Morgan fingerprint density at radius 3 is 1.37 bits per heavy atom. The molecule has 0 rings (SSSR count). The number of aliphatic hydroxyl groups is 1. The number of phosphoric acid groups is 1. The van der Waals surface area contributed by atoms with Gasteiger partial charge in [0.05, 0.1) is 25.4 Å². The van der Waals surface area contributed by atoms with Crippen LogP contribution in [0.15, 0.2) is 12.2 Å². The number of allylic oxidation sites excluding steroid dienone is 2. The van der Waals surface area contributed by atoms with Crippen molar-refractivity contribution in [3.63, 3.8) is 0 Å². The van der Waals surface area contributed by atoms with Gasteiger partial charge in [0.1, 0.15) is 0 Å². The van der Waals surface area contributed by atoms with Crippen molar-refractivity contribution in [2.24, 2.45) is 5.73 Å². The molecule has 0 bridgehead atoms. The molecule has 0 radical (unpaired) electrons. The van der Waals surface area contributed by atoms with Crippen LogP contribution in [0.2, 0.25) is 0 Å². The van der Waals surface area contributed by atoms with E-state index in [2.05, 4.69) is 31.3 Å². The van der Waals surface area contributed by atoms with E-state index in [1.54, 1.807) is 0 Å². The smallest absolute Gasteiger partial charge is 0.391 e. The number of aliphatic hydroxyl groups excluding tert-OH is 1. The first kappa shape index (κ1) is 53.2. The molecule has 0 fully saturated rings. The lowest BCUT2D eigenvalue weighted by Gasteiger charge is -2.25. The third-order valence-electron chi connectivity index (χ3n) is 10.6. The van der Waals surface area contributed by atoms with Crippen LogP contribution in [0, 0.1) is 0 Å². The molecule has 0 aromatic heterocycles. The van der Waals surface area contributed by atoms with Gasteiger partial charge in [0, 0.05) is 13.0 Å². The van der Waals surface area contributed by atoms with Gasteiger partial charge in [0.15, 0.2) is 0 Å². The van der Waals surface area contributed by atoms with Crippen LogP contribution in [0.4, 0.5) is 0 Å². The fraction of sp³-hybridized carbons (Fsp3) is 0.933. The van der Waals surface area contributed by atoms with Gasteiger partial charge in [-0.1, -0.05) is 206 Å². The lowest BCUT2D eigenvalue weighted by atomic mass is 10.0. The lowest BCUT2D eigenvalue weighted by Crippen LogP contribution is -2.46. The van der Waals surface area contributed by atoms with Gasteiger partial charge in [0.2, 0.25) is 5.91 Å². The third-order valence-corrected chi connectivity index (χ3v) is 11.6. The highest BCUT2D eigenvalue weighted by Gasteiger charge is 2.27. The van der Waals surface area contributed by atoms with Gasteiger partial charge in [-0.3, -0.25) is 13.8 Å². The molecule has 3 unspecified atom stereocenters. The molecule has 3 atom stereocenters. The van der Waals surface area contributed by atoms with E-state index in [1.165, 1.54) is 161 Å². The van der Waals surface area contributed by atoms with Crippen LogP contribution in [0.25, 0.3) is 0 Å². The molecule has 5 N–H and O–H groups in total. The first-order valence-corrected chi connectivity index (χ1v) is 24.8. The average Bonchev–Trinajstić information content (AvgIpc) is 3.16. The van der Waals surface area contributed by atoms with E-state index >= 15 is 0 Å². The largest absolute Gasteiger partial charge is 0.472 e. The van der Waals surface area contributed by atoms with Crippen molar-refractivity contribution in [3.05, 3.63) is 12.2 Å². The Labute approximate surface area is 335 Å². The van der Waals surface area contributed by atoms with Gasteiger partial charge >= 0.3 is 7.82 Å². The summed E-state index contributed by atoms with van der Waals surface area (Å²) in [5, 5.41) is 13.8. The van der Waals surface area contributed by atoms with E-state index in [0.717, 1.165) is 51.4 Å². The van der Waals surface area contributed by atoms with Gasteiger partial charge in [-0.2, -0.15) is 0 Å². The Kier molecular flexibility index (Phi) is 41.3. The fourth-order valence-electron chi connectivity index (χ4n) is 7.07. The lowest BCUT2D eigenvalue weighted by molar-refractivity contribution is -0.123. The molecule has 0 aromatic rings. The van der Waals surface area contributed by atoms with Crippen LogP contribution in [-0.4, -0.2) is 47.8 Å². The molecular formula is C45H91N2O6P. The highest BCUT2D eigenvalue weighted by Crippen LogP contribution is 2.43. The Hall–Kier alpha value is -0.760. The predicted octanol–water partition coefficient (Wildman–Crippen LogP) is 13.2. The van der Waals surface area contributed by atoms with Crippen LogP contribution >= 0.6 is 7.82 Å². The summed E-state index contributed by atoms with van der Waals surface area (Å²) >= 11 is 0. The first-order chi connectivity index (χ1) is 26.4. The highest BCUT2D eigenvalue weighted by atomic mass is 31.2. The second-order valence-electron chi connectivity index (χ2n) is 16.0. The van der Waals surface area contributed by atoms with Crippen molar-refractivity contribution in [2.75, 3.05) is 19.8 Å². The first-order valence-electron chi connectivity index (χ1n) is 23.3. The molecule has 1 amide bonds. The Balaban J connectivity index is 4.11. The minimum absolute atomic E-state index is 0.0894. The quantitative estimate of drug-likeness (QED) is 0.0275. The third kappa shape index (κ3) is 39.5. The number of nitrogens with two attached hydrogens (primary N) is 1. The molecule has 0 aliphatic carbocycles. The van der Waals surface area contributed by atoms with Gasteiger partial charge in [0.25, 0.3) is 0 Å². The molecule has 54 heavy (non-hydrogen) atoms. The summed E-state index contributed by atoms with van der Waals surface area (Å²) < 4.78 is 22.2. The minimum atomic E-state index is -4.32.